The number of rotatable bonds is 0. The van der Waals surface area contributed by atoms with E-state index in [4.69, 9.17) is 0 Å². The molecule has 0 aliphatic heterocycles. The molecule has 0 heterocycles. The fourth-order valence-electron chi connectivity index (χ4n) is 1.59. The Morgan fingerprint density at radius 2 is 1.05 bits per heavy atom. The van der Waals surface area contributed by atoms with Crippen LogP contribution in [0.1, 0.15) is 25.0 Å². The van der Waals surface area contributed by atoms with E-state index in [0.717, 1.165) is 22.3 Å². The number of benzene rings is 2. The highest BCUT2D eigenvalue weighted by Crippen LogP contribution is 2.03. The molecule has 20 heavy (non-hydrogen) atoms. The summed E-state index contributed by atoms with van der Waals surface area (Å²) in [4.78, 5) is 0. The first kappa shape index (κ1) is 13.7. The van der Waals surface area contributed by atoms with Crippen LogP contribution in [0.4, 0.5) is 0 Å². The smallest absolute Gasteiger partial charge is 0.0622 e. The van der Waals surface area contributed by atoms with E-state index in [1.54, 1.807) is 0 Å². The van der Waals surface area contributed by atoms with Crippen molar-refractivity contribution in [1.29, 1.82) is 0 Å². The molecule has 0 aliphatic rings. The lowest BCUT2D eigenvalue weighted by atomic mass is 10.1. The standard InChI is InChI=1S/C20H16/c1-17(2)20(15-13-18-9-5-3-6-10-18)16-14-19-11-7-4-8-12-19/h3-12H,1-2H3. The van der Waals surface area contributed by atoms with Gasteiger partial charge < -0.3 is 0 Å². The van der Waals surface area contributed by atoms with Crippen molar-refractivity contribution in [3.63, 3.8) is 0 Å². The van der Waals surface area contributed by atoms with Crippen LogP contribution in [0.15, 0.2) is 71.8 Å². The van der Waals surface area contributed by atoms with Crippen molar-refractivity contribution in [2.75, 3.05) is 0 Å². The second-order valence-electron chi connectivity index (χ2n) is 4.61. The molecule has 96 valence electrons. The van der Waals surface area contributed by atoms with Crippen LogP contribution < -0.4 is 0 Å². The van der Waals surface area contributed by atoms with Crippen molar-refractivity contribution in [2.24, 2.45) is 0 Å². The first-order valence-corrected chi connectivity index (χ1v) is 6.57. The number of allylic oxidation sites excluding steroid dienone is 2. The second kappa shape index (κ2) is 7.03. The highest BCUT2D eigenvalue weighted by atomic mass is 13.9. The van der Waals surface area contributed by atoms with Gasteiger partial charge in [-0.15, -0.1) is 0 Å². The second-order valence-corrected chi connectivity index (χ2v) is 4.61. The average molecular weight is 256 g/mol. The average Bonchev–Trinajstić information content (AvgIpc) is 2.49. The molecule has 0 unspecified atom stereocenters. The molecule has 2 rings (SSSR count). The van der Waals surface area contributed by atoms with Gasteiger partial charge in [0.25, 0.3) is 0 Å². The summed E-state index contributed by atoms with van der Waals surface area (Å²) in [5.41, 5.74) is 4.04. The highest BCUT2D eigenvalue weighted by molar-refractivity contribution is 5.53. The molecule has 0 aromatic heterocycles. The largest absolute Gasteiger partial charge is 0.0737 e. The summed E-state index contributed by atoms with van der Waals surface area (Å²) in [6, 6.07) is 19.9. The summed E-state index contributed by atoms with van der Waals surface area (Å²) in [6.45, 7) is 4.07. The molecular formula is C20H16. The molecule has 0 saturated carbocycles. The summed E-state index contributed by atoms with van der Waals surface area (Å²) in [5.74, 6) is 12.6. The van der Waals surface area contributed by atoms with Gasteiger partial charge in [0.2, 0.25) is 0 Å². The predicted molar refractivity (Wildman–Crippen MR) is 85.0 cm³/mol. The van der Waals surface area contributed by atoms with E-state index in [0.29, 0.717) is 0 Å². The molecule has 2 aromatic carbocycles. The maximum atomic E-state index is 3.16. The quantitative estimate of drug-likeness (QED) is 0.612. The lowest BCUT2D eigenvalue weighted by molar-refractivity contribution is 1.37. The molecule has 0 N–H and O–H groups in total. The topological polar surface area (TPSA) is 0 Å². The zero-order valence-corrected chi connectivity index (χ0v) is 11.8. The molecular weight excluding hydrogens is 240 g/mol. The van der Waals surface area contributed by atoms with Gasteiger partial charge in [-0.3, -0.25) is 0 Å². The minimum atomic E-state index is 0.887. The fraction of sp³-hybridized carbons (Fsp3) is 0.100. The molecule has 2 aromatic rings. The van der Waals surface area contributed by atoms with Gasteiger partial charge in [0.15, 0.2) is 0 Å². The molecule has 0 fully saturated rings. The van der Waals surface area contributed by atoms with E-state index < -0.39 is 0 Å². The van der Waals surface area contributed by atoms with Crippen molar-refractivity contribution >= 4 is 0 Å². The molecule has 0 heteroatoms. The zero-order chi connectivity index (χ0) is 14.2. The van der Waals surface area contributed by atoms with Crippen LogP contribution in [-0.4, -0.2) is 0 Å². The fourth-order valence-corrected chi connectivity index (χ4v) is 1.59. The van der Waals surface area contributed by atoms with E-state index in [1.807, 2.05) is 74.5 Å². The molecule has 0 radical (unpaired) electrons. The van der Waals surface area contributed by atoms with E-state index in [-0.39, 0.29) is 0 Å². The summed E-state index contributed by atoms with van der Waals surface area (Å²) in [5, 5.41) is 0. The van der Waals surface area contributed by atoms with E-state index in [2.05, 4.69) is 23.7 Å². The van der Waals surface area contributed by atoms with E-state index in [1.165, 1.54) is 0 Å². The molecule has 0 atom stereocenters. The van der Waals surface area contributed by atoms with Crippen molar-refractivity contribution in [2.45, 2.75) is 13.8 Å². The molecule has 0 spiro atoms. The van der Waals surface area contributed by atoms with Crippen molar-refractivity contribution in [1.82, 2.24) is 0 Å². The highest BCUT2D eigenvalue weighted by Gasteiger charge is 1.91. The molecule has 0 amide bonds. The maximum absolute atomic E-state index is 3.16. The minimum absolute atomic E-state index is 0.887. The Hall–Kier alpha value is -2.70. The maximum Gasteiger partial charge on any atom is 0.0737 e. The summed E-state index contributed by atoms with van der Waals surface area (Å²) in [6.07, 6.45) is 0. The lowest BCUT2D eigenvalue weighted by Crippen LogP contribution is -1.80. The molecule has 0 bridgehead atoms. The Labute approximate surface area is 121 Å². The summed E-state index contributed by atoms with van der Waals surface area (Å²) in [7, 11) is 0. The number of hydrogen-bond acceptors (Lipinski definition) is 0. The third-order valence-corrected chi connectivity index (χ3v) is 2.71. The molecule has 0 nitrogen and oxygen atoms in total. The van der Waals surface area contributed by atoms with Crippen LogP contribution in [0, 0.1) is 23.7 Å². The molecule has 0 saturated heterocycles. The van der Waals surface area contributed by atoms with Gasteiger partial charge in [0.1, 0.15) is 0 Å². The third-order valence-electron chi connectivity index (χ3n) is 2.71. The van der Waals surface area contributed by atoms with Gasteiger partial charge in [0, 0.05) is 11.1 Å². The van der Waals surface area contributed by atoms with Gasteiger partial charge >= 0.3 is 0 Å². The first-order valence-electron chi connectivity index (χ1n) is 6.57. The number of hydrogen-bond donors (Lipinski definition) is 0. The van der Waals surface area contributed by atoms with Gasteiger partial charge in [-0.1, -0.05) is 65.7 Å². The van der Waals surface area contributed by atoms with Gasteiger partial charge in [-0.2, -0.15) is 0 Å². The third kappa shape index (κ3) is 4.20. The molecule has 0 aliphatic carbocycles. The van der Waals surface area contributed by atoms with Crippen molar-refractivity contribution in [3.05, 3.63) is 82.9 Å². The van der Waals surface area contributed by atoms with Crippen LogP contribution in [0.2, 0.25) is 0 Å². The van der Waals surface area contributed by atoms with Gasteiger partial charge in [0.05, 0.1) is 5.57 Å². The van der Waals surface area contributed by atoms with Crippen LogP contribution in [0.3, 0.4) is 0 Å². The van der Waals surface area contributed by atoms with Crippen molar-refractivity contribution < 1.29 is 0 Å². The van der Waals surface area contributed by atoms with Gasteiger partial charge in [-0.05, 0) is 38.1 Å². The van der Waals surface area contributed by atoms with Crippen LogP contribution in [-0.2, 0) is 0 Å². The van der Waals surface area contributed by atoms with E-state index in [9.17, 15) is 0 Å². The minimum Gasteiger partial charge on any atom is -0.0622 e. The van der Waals surface area contributed by atoms with Crippen LogP contribution >= 0.6 is 0 Å². The Bertz CT molecular complexity index is 648. The monoisotopic (exact) mass is 256 g/mol. The Balaban J connectivity index is 2.26. The summed E-state index contributed by atoms with van der Waals surface area (Å²) >= 11 is 0. The normalized spacial score (nSPS) is 8.70. The predicted octanol–water partition coefficient (Wildman–Crippen LogP) is 4.43. The van der Waals surface area contributed by atoms with Crippen LogP contribution in [0.5, 0.6) is 0 Å². The van der Waals surface area contributed by atoms with Crippen molar-refractivity contribution in [3.8, 4) is 23.7 Å². The summed E-state index contributed by atoms with van der Waals surface area (Å²) < 4.78 is 0. The zero-order valence-electron chi connectivity index (χ0n) is 11.8. The van der Waals surface area contributed by atoms with Crippen LogP contribution in [0.25, 0.3) is 0 Å². The Morgan fingerprint density at radius 3 is 1.40 bits per heavy atom. The Kier molecular flexibility index (Phi) is 4.82. The Morgan fingerprint density at radius 1 is 0.650 bits per heavy atom. The van der Waals surface area contributed by atoms with E-state index >= 15 is 0 Å². The SMILES string of the molecule is CC(C)=C(C#Cc1ccccc1)C#Cc1ccccc1. The lowest BCUT2D eigenvalue weighted by Gasteiger charge is -1.92. The first-order chi connectivity index (χ1) is 9.75. The van der Waals surface area contributed by atoms with Gasteiger partial charge in [-0.25, -0.2) is 0 Å².